The summed E-state index contributed by atoms with van der Waals surface area (Å²) in [6.07, 6.45) is 1.81. The highest BCUT2D eigenvalue weighted by molar-refractivity contribution is 7.98. The van der Waals surface area contributed by atoms with Gasteiger partial charge >= 0.3 is 0 Å². The third-order valence-electron chi connectivity index (χ3n) is 3.12. The Kier molecular flexibility index (Phi) is 5.79. The molecule has 1 heterocycles. The van der Waals surface area contributed by atoms with Crippen LogP contribution < -0.4 is 10.3 Å². The van der Waals surface area contributed by atoms with Gasteiger partial charge in [-0.15, -0.1) is 0 Å². The maximum absolute atomic E-state index is 12.0. The van der Waals surface area contributed by atoms with Crippen molar-refractivity contribution in [3.8, 4) is 23.1 Å². The van der Waals surface area contributed by atoms with E-state index >= 15 is 0 Å². The van der Waals surface area contributed by atoms with Gasteiger partial charge in [0.1, 0.15) is 24.0 Å². The zero-order valence-corrected chi connectivity index (χ0v) is 14.1. The Morgan fingerprint density at radius 2 is 2.22 bits per heavy atom. The van der Waals surface area contributed by atoms with E-state index in [4.69, 9.17) is 4.74 Å². The quantitative estimate of drug-likeness (QED) is 0.644. The first kappa shape index (κ1) is 17.1. The minimum absolute atomic E-state index is 0.00763. The molecule has 0 unspecified atom stereocenters. The van der Waals surface area contributed by atoms with Crippen LogP contribution in [-0.4, -0.2) is 48.4 Å². The summed E-state index contributed by atoms with van der Waals surface area (Å²) in [6.45, 7) is 1.36. The molecule has 0 saturated heterocycles. The second-order valence-corrected chi connectivity index (χ2v) is 5.89. The Morgan fingerprint density at radius 3 is 2.87 bits per heavy atom. The summed E-state index contributed by atoms with van der Waals surface area (Å²) in [6, 6.07) is 9.20. The standard InChI is InChI=1S/C16H18N4O2S/c1-20(2)7-8-22-12-6-4-5-11(9-12)14-13(10-17)15(21)19-16(18-14)23-3/h4-6,9H,7-8H2,1-3H3,(H,18,19,21). The number of ether oxygens (including phenoxy) is 1. The van der Waals surface area contributed by atoms with Crippen molar-refractivity contribution in [3.05, 3.63) is 40.2 Å². The van der Waals surface area contributed by atoms with E-state index in [1.165, 1.54) is 11.8 Å². The zero-order valence-electron chi connectivity index (χ0n) is 13.3. The lowest BCUT2D eigenvalue weighted by Crippen LogP contribution is -2.19. The minimum Gasteiger partial charge on any atom is -0.492 e. The molecule has 0 fully saturated rings. The predicted octanol–water partition coefficient (Wildman–Crippen LogP) is 1.97. The van der Waals surface area contributed by atoms with Crippen molar-refractivity contribution < 1.29 is 4.74 Å². The van der Waals surface area contributed by atoms with Crippen LogP contribution in [0.25, 0.3) is 11.3 Å². The van der Waals surface area contributed by atoms with Crippen LogP contribution in [-0.2, 0) is 0 Å². The van der Waals surface area contributed by atoms with E-state index in [1.54, 1.807) is 6.07 Å². The average molecular weight is 330 g/mol. The summed E-state index contributed by atoms with van der Waals surface area (Å²) in [5, 5.41) is 9.72. The average Bonchev–Trinajstić information content (AvgIpc) is 2.54. The molecular weight excluding hydrogens is 312 g/mol. The monoisotopic (exact) mass is 330 g/mol. The van der Waals surface area contributed by atoms with E-state index in [0.29, 0.717) is 28.8 Å². The molecule has 2 aromatic rings. The topological polar surface area (TPSA) is 82.0 Å². The maximum Gasteiger partial charge on any atom is 0.270 e. The normalized spacial score (nSPS) is 10.6. The highest BCUT2D eigenvalue weighted by atomic mass is 32.2. The van der Waals surface area contributed by atoms with Crippen molar-refractivity contribution in [1.29, 1.82) is 5.26 Å². The van der Waals surface area contributed by atoms with E-state index in [0.717, 1.165) is 6.54 Å². The van der Waals surface area contributed by atoms with Gasteiger partial charge in [-0.25, -0.2) is 4.98 Å². The fourth-order valence-electron chi connectivity index (χ4n) is 1.94. The fraction of sp³-hybridized carbons (Fsp3) is 0.312. The second-order valence-electron chi connectivity index (χ2n) is 5.09. The third kappa shape index (κ3) is 4.34. The molecule has 0 saturated carbocycles. The number of aromatic amines is 1. The van der Waals surface area contributed by atoms with Crippen LogP contribution in [0.1, 0.15) is 5.56 Å². The number of benzene rings is 1. The number of H-pyrrole nitrogens is 1. The molecule has 0 aliphatic carbocycles. The summed E-state index contributed by atoms with van der Waals surface area (Å²) < 4.78 is 5.70. The Morgan fingerprint density at radius 1 is 1.43 bits per heavy atom. The number of hydrogen-bond acceptors (Lipinski definition) is 6. The molecule has 2 rings (SSSR count). The highest BCUT2D eigenvalue weighted by Gasteiger charge is 2.13. The van der Waals surface area contributed by atoms with Gasteiger partial charge < -0.3 is 14.6 Å². The number of aromatic nitrogens is 2. The molecule has 0 aliphatic rings. The highest BCUT2D eigenvalue weighted by Crippen LogP contribution is 2.25. The Balaban J connectivity index is 2.37. The minimum atomic E-state index is -0.430. The Labute approximate surface area is 139 Å². The summed E-state index contributed by atoms with van der Waals surface area (Å²) in [5.74, 6) is 0.682. The van der Waals surface area contributed by atoms with Gasteiger partial charge in [0.2, 0.25) is 0 Å². The van der Waals surface area contributed by atoms with Gasteiger partial charge in [-0.1, -0.05) is 23.9 Å². The first-order valence-corrected chi connectivity index (χ1v) is 8.24. The second kappa shape index (κ2) is 7.81. The predicted molar refractivity (Wildman–Crippen MR) is 90.8 cm³/mol. The number of nitrogens with zero attached hydrogens (tertiary/aromatic N) is 3. The molecule has 1 N–H and O–H groups in total. The van der Waals surface area contributed by atoms with Crippen molar-refractivity contribution in [2.24, 2.45) is 0 Å². The van der Waals surface area contributed by atoms with E-state index in [1.807, 2.05) is 49.5 Å². The Bertz CT molecular complexity index is 780. The molecule has 0 radical (unpaired) electrons. The van der Waals surface area contributed by atoms with Crippen molar-refractivity contribution in [1.82, 2.24) is 14.9 Å². The lowest BCUT2D eigenvalue weighted by Gasteiger charge is -2.12. The summed E-state index contributed by atoms with van der Waals surface area (Å²) in [5.41, 5.74) is 0.637. The molecular formula is C16H18N4O2S. The maximum atomic E-state index is 12.0. The number of rotatable bonds is 6. The molecule has 1 aromatic carbocycles. The molecule has 0 spiro atoms. The van der Waals surface area contributed by atoms with Crippen LogP contribution in [0.4, 0.5) is 0 Å². The molecule has 120 valence electrons. The number of nitrogens with one attached hydrogen (secondary N) is 1. The largest absolute Gasteiger partial charge is 0.492 e. The Hall–Kier alpha value is -2.30. The van der Waals surface area contributed by atoms with Gasteiger partial charge in [0.05, 0.1) is 5.69 Å². The van der Waals surface area contributed by atoms with E-state index in [9.17, 15) is 10.1 Å². The zero-order chi connectivity index (χ0) is 16.8. The number of nitriles is 1. The van der Waals surface area contributed by atoms with E-state index in [2.05, 4.69) is 9.97 Å². The molecule has 23 heavy (non-hydrogen) atoms. The molecule has 6 nitrogen and oxygen atoms in total. The SMILES string of the molecule is CSc1nc(-c2cccc(OCCN(C)C)c2)c(C#N)c(=O)[nH]1. The van der Waals surface area contributed by atoms with Crippen molar-refractivity contribution >= 4 is 11.8 Å². The van der Waals surface area contributed by atoms with E-state index in [-0.39, 0.29) is 5.56 Å². The smallest absolute Gasteiger partial charge is 0.270 e. The lowest BCUT2D eigenvalue weighted by molar-refractivity contribution is 0.261. The molecule has 0 bridgehead atoms. The first-order chi connectivity index (χ1) is 11.0. The fourth-order valence-corrected chi connectivity index (χ4v) is 2.32. The summed E-state index contributed by atoms with van der Waals surface area (Å²) in [7, 11) is 3.95. The van der Waals surface area contributed by atoms with E-state index < -0.39 is 5.56 Å². The number of likely N-dealkylation sites (N-methyl/N-ethyl adjacent to an activating group) is 1. The molecule has 0 amide bonds. The number of thioether (sulfide) groups is 1. The van der Waals surface area contributed by atoms with Crippen LogP contribution in [0.5, 0.6) is 5.75 Å². The van der Waals surface area contributed by atoms with Crippen molar-refractivity contribution in [2.45, 2.75) is 5.16 Å². The van der Waals surface area contributed by atoms with Gasteiger partial charge in [-0.2, -0.15) is 5.26 Å². The molecule has 7 heteroatoms. The molecule has 1 aromatic heterocycles. The van der Waals surface area contributed by atoms with Crippen LogP contribution in [0.15, 0.2) is 34.2 Å². The van der Waals surface area contributed by atoms with Crippen LogP contribution in [0.2, 0.25) is 0 Å². The van der Waals surface area contributed by atoms with Crippen LogP contribution >= 0.6 is 11.8 Å². The number of hydrogen-bond donors (Lipinski definition) is 1. The first-order valence-electron chi connectivity index (χ1n) is 7.01. The van der Waals surface area contributed by atoms with Gasteiger partial charge in [-0.3, -0.25) is 4.79 Å². The van der Waals surface area contributed by atoms with Crippen molar-refractivity contribution in [2.75, 3.05) is 33.5 Å². The molecule has 0 atom stereocenters. The van der Waals surface area contributed by atoms with Gasteiger partial charge in [0, 0.05) is 12.1 Å². The van der Waals surface area contributed by atoms with Gasteiger partial charge in [-0.05, 0) is 32.5 Å². The molecule has 0 aliphatic heterocycles. The van der Waals surface area contributed by atoms with Gasteiger partial charge in [0.25, 0.3) is 5.56 Å². The lowest BCUT2D eigenvalue weighted by atomic mass is 10.1. The summed E-state index contributed by atoms with van der Waals surface area (Å²) >= 11 is 1.32. The van der Waals surface area contributed by atoms with Crippen LogP contribution in [0, 0.1) is 11.3 Å². The van der Waals surface area contributed by atoms with Crippen molar-refractivity contribution in [3.63, 3.8) is 0 Å². The van der Waals surface area contributed by atoms with Gasteiger partial charge in [0.15, 0.2) is 5.16 Å². The summed E-state index contributed by atoms with van der Waals surface area (Å²) in [4.78, 5) is 21.0. The van der Waals surface area contributed by atoms with Crippen LogP contribution in [0.3, 0.4) is 0 Å². The third-order valence-corrected chi connectivity index (χ3v) is 3.70.